The number of nitrogen functional groups attached to an aromatic ring is 1. The van der Waals surface area contributed by atoms with Gasteiger partial charge in [0.15, 0.2) is 11.6 Å². The number of phenolic OH excluding ortho intramolecular Hbond substituents is 1. The molecule has 3 aromatic rings. The lowest BCUT2D eigenvalue weighted by Crippen LogP contribution is -2.47. The first-order chi connectivity index (χ1) is 20.4. The van der Waals surface area contributed by atoms with Crippen LogP contribution in [0.3, 0.4) is 0 Å². The number of carbonyl (C=O) groups excluding carboxylic acids is 1. The molecule has 2 heterocycles. The van der Waals surface area contributed by atoms with Gasteiger partial charge in [-0.3, -0.25) is 9.59 Å². The molecule has 0 unspecified atom stereocenters. The summed E-state index contributed by atoms with van der Waals surface area (Å²) in [4.78, 5) is 27.7. The molecule has 0 radical (unpaired) electrons. The summed E-state index contributed by atoms with van der Waals surface area (Å²) >= 11 is 0. The monoisotopic (exact) mass is 576 g/mol. The maximum absolute atomic E-state index is 12.4. The summed E-state index contributed by atoms with van der Waals surface area (Å²) in [6.45, 7) is 6.32. The van der Waals surface area contributed by atoms with Crippen LogP contribution in [0, 0.1) is 0 Å². The second-order valence-electron chi connectivity index (χ2n) is 10.5. The third kappa shape index (κ3) is 9.71. The fraction of sp³-hybridized carbons (Fsp3) is 0.419. The quantitative estimate of drug-likeness (QED) is 0.199. The van der Waals surface area contributed by atoms with Crippen LogP contribution in [0.5, 0.6) is 11.5 Å². The summed E-state index contributed by atoms with van der Waals surface area (Å²) in [5.74, 6) is 0.0153. The Hall–Kier alpha value is -4.22. The van der Waals surface area contributed by atoms with Crippen LogP contribution >= 0.6 is 0 Å². The van der Waals surface area contributed by atoms with Gasteiger partial charge in [0.05, 0.1) is 6.61 Å². The van der Waals surface area contributed by atoms with Crippen LogP contribution in [0.25, 0.3) is 11.3 Å². The lowest BCUT2D eigenvalue weighted by molar-refractivity contribution is -0.137. The summed E-state index contributed by atoms with van der Waals surface area (Å²) in [5.41, 5.74) is 9.10. The Balaban J connectivity index is 1.12. The zero-order chi connectivity index (χ0) is 29.7. The van der Waals surface area contributed by atoms with Gasteiger partial charge in [0.1, 0.15) is 11.4 Å². The van der Waals surface area contributed by atoms with Crippen molar-refractivity contribution in [3.05, 3.63) is 65.7 Å². The van der Waals surface area contributed by atoms with Crippen LogP contribution in [0.4, 0.5) is 5.82 Å². The molecule has 4 rings (SSSR count). The van der Waals surface area contributed by atoms with Gasteiger partial charge < -0.3 is 35.8 Å². The Kier molecular flexibility index (Phi) is 11.5. The lowest BCUT2D eigenvalue weighted by atomic mass is 10.1. The Labute approximate surface area is 246 Å². The lowest BCUT2D eigenvalue weighted by Gasteiger charge is -2.34. The molecule has 1 aliphatic rings. The minimum absolute atomic E-state index is 0.0373. The van der Waals surface area contributed by atoms with Gasteiger partial charge in [0.25, 0.3) is 0 Å². The zero-order valence-electron chi connectivity index (χ0n) is 23.9. The molecule has 224 valence electrons. The zero-order valence-corrected chi connectivity index (χ0v) is 23.9. The number of phenols is 1. The predicted octanol–water partition coefficient (Wildman–Crippen LogP) is 2.93. The van der Waals surface area contributed by atoms with Gasteiger partial charge in [-0.1, -0.05) is 36.4 Å². The number of anilines is 1. The largest absolute Gasteiger partial charge is 0.507 e. The van der Waals surface area contributed by atoms with E-state index >= 15 is 0 Å². The summed E-state index contributed by atoms with van der Waals surface area (Å²) in [7, 11) is 0. The molecule has 2 aromatic carbocycles. The van der Waals surface area contributed by atoms with Crippen molar-refractivity contribution >= 4 is 17.7 Å². The molecule has 0 bridgehead atoms. The summed E-state index contributed by atoms with van der Waals surface area (Å²) in [6.07, 6.45) is 2.99. The third-order valence-electron chi connectivity index (χ3n) is 7.36. The fourth-order valence-electron chi connectivity index (χ4n) is 4.82. The predicted molar refractivity (Wildman–Crippen MR) is 160 cm³/mol. The number of aromatic nitrogens is 2. The minimum atomic E-state index is -0.732. The number of para-hydroxylation sites is 1. The first kappa shape index (κ1) is 30.7. The first-order valence-corrected chi connectivity index (χ1v) is 14.4. The van der Waals surface area contributed by atoms with Crippen LogP contribution in [-0.2, 0) is 22.6 Å². The number of ether oxygens (including phenoxy) is 1. The van der Waals surface area contributed by atoms with E-state index in [1.165, 1.54) is 0 Å². The van der Waals surface area contributed by atoms with Crippen molar-refractivity contribution in [1.82, 2.24) is 25.3 Å². The van der Waals surface area contributed by atoms with Crippen LogP contribution in [0.15, 0.2) is 54.6 Å². The van der Waals surface area contributed by atoms with E-state index in [-0.39, 0.29) is 23.9 Å². The molecule has 11 heteroatoms. The van der Waals surface area contributed by atoms with Crippen molar-refractivity contribution in [2.75, 3.05) is 51.6 Å². The van der Waals surface area contributed by atoms with E-state index in [0.717, 1.165) is 63.2 Å². The molecular formula is C31H40N6O5. The second-order valence-corrected chi connectivity index (χ2v) is 10.5. The maximum Gasteiger partial charge on any atom is 0.303 e. The number of piperazine rings is 1. The highest BCUT2D eigenvalue weighted by Gasteiger charge is 2.17. The first-order valence-electron chi connectivity index (χ1n) is 14.4. The van der Waals surface area contributed by atoms with Gasteiger partial charge in [0.2, 0.25) is 5.91 Å². The molecule has 11 nitrogen and oxygen atoms in total. The van der Waals surface area contributed by atoms with E-state index < -0.39 is 5.97 Å². The van der Waals surface area contributed by atoms with E-state index in [4.69, 9.17) is 15.6 Å². The number of carboxylic acid groups (broad SMARTS) is 1. The van der Waals surface area contributed by atoms with Gasteiger partial charge in [-0.25, -0.2) is 0 Å². The van der Waals surface area contributed by atoms with Gasteiger partial charge in [0, 0.05) is 70.2 Å². The second kappa shape index (κ2) is 15.7. The van der Waals surface area contributed by atoms with Gasteiger partial charge in [-0.2, -0.15) is 0 Å². The molecule has 1 fully saturated rings. The van der Waals surface area contributed by atoms with Crippen LogP contribution in [0.1, 0.15) is 36.8 Å². The minimum Gasteiger partial charge on any atom is -0.507 e. The average Bonchev–Trinajstić information content (AvgIpc) is 2.99. The highest BCUT2D eigenvalue weighted by atomic mass is 16.5. The van der Waals surface area contributed by atoms with Crippen molar-refractivity contribution < 1.29 is 24.5 Å². The molecule has 0 aliphatic carbocycles. The van der Waals surface area contributed by atoms with Crippen molar-refractivity contribution in [2.24, 2.45) is 0 Å². The van der Waals surface area contributed by atoms with Crippen molar-refractivity contribution in [3.8, 4) is 22.8 Å². The normalized spacial score (nSPS) is 14.0. The molecule has 1 amide bonds. The number of rotatable bonds is 15. The number of nitrogens with zero attached hydrogens (tertiary/aromatic N) is 4. The summed E-state index contributed by atoms with van der Waals surface area (Å²) in [5, 5.41) is 29.9. The average molecular weight is 577 g/mol. The van der Waals surface area contributed by atoms with E-state index in [2.05, 4.69) is 25.3 Å². The highest BCUT2D eigenvalue weighted by molar-refractivity contribution is 5.76. The summed E-state index contributed by atoms with van der Waals surface area (Å²) in [6, 6.07) is 16.6. The maximum atomic E-state index is 12.4. The number of carboxylic acids is 1. The van der Waals surface area contributed by atoms with Gasteiger partial charge in [-0.05, 0) is 42.6 Å². The number of benzene rings is 2. The number of nitrogens with two attached hydrogens (primary N) is 1. The van der Waals surface area contributed by atoms with Crippen molar-refractivity contribution in [3.63, 3.8) is 0 Å². The molecule has 1 aromatic heterocycles. The number of aromatic hydroxyl groups is 1. The molecule has 1 aliphatic heterocycles. The molecule has 1 saturated heterocycles. The molecular weight excluding hydrogens is 536 g/mol. The van der Waals surface area contributed by atoms with Gasteiger partial charge in [-0.15, -0.1) is 10.2 Å². The molecule has 0 spiro atoms. The Morgan fingerprint density at radius 1 is 0.905 bits per heavy atom. The number of hydrogen-bond donors (Lipinski definition) is 4. The number of hydrogen-bond acceptors (Lipinski definition) is 9. The number of unbranched alkanes of at least 4 members (excludes halogenated alkanes) is 1. The van der Waals surface area contributed by atoms with E-state index in [1.54, 1.807) is 24.3 Å². The Morgan fingerprint density at radius 2 is 1.60 bits per heavy atom. The van der Waals surface area contributed by atoms with Crippen molar-refractivity contribution in [2.45, 2.75) is 38.6 Å². The van der Waals surface area contributed by atoms with Crippen LogP contribution in [-0.4, -0.2) is 88.0 Å². The fourth-order valence-corrected chi connectivity index (χ4v) is 4.82. The Morgan fingerprint density at radius 3 is 2.31 bits per heavy atom. The third-order valence-corrected chi connectivity index (χ3v) is 7.36. The van der Waals surface area contributed by atoms with Gasteiger partial charge >= 0.3 is 5.97 Å². The smallest absolute Gasteiger partial charge is 0.303 e. The van der Waals surface area contributed by atoms with E-state index in [9.17, 15) is 14.7 Å². The van der Waals surface area contributed by atoms with Crippen LogP contribution < -0.4 is 15.8 Å². The van der Waals surface area contributed by atoms with Crippen LogP contribution in [0.2, 0.25) is 0 Å². The topological polar surface area (TPSA) is 154 Å². The molecule has 5 N–H and O–H groups in total. The Bertz CT molecular complexity index is 1310. The molecule has 0 saturated carbocycles. The highest BCUT2D eigenvalue weighted by Crippen LogP contribution is 2.30. The SMILES string of the molecule is Nc1nnc(-c2ccccc2O)cc1OCCc1ccc(CNC(=O)CCN2CCN(CCCCC(=O)O)CC2)cc1. The summed E-state index contributed by atoms with van der Waals surface area (Å²) < 4.78 is 5.87. The van der Waals surface area contributed by atoms with Crippen molar-refractivity contribution in [1.29, 1.82) is 0 Å². The van der Waals surface area contributed by atoms with E-state index in [1.807, 2.05) is 30.3 Å². The number of nitrogens with one attached hydrogen (secondary N) is 1. The number of carbonyl (C=O) groups is 2. The molecule has 0 atom stereocenters. The molecule has 42 heavy (non-hydrogen) atoms. The van der Waals surface area contributed by atoms with E-state index in [0.29, 0.717) is 43.0 Å². The number of amides is 1. The standard InChI is InChI=1S/C31H40N6O5/c32-31-28(21-26(34-35-31)25-5-1-2-6-27(25)38)42-20-13-23-8-10-24(11-9-23)22-33-29(39)12-15-37-18-16-36(17-19-37)14-4-3-7-30(40)41/h1-2,5-6,8-11,21,38H,3-4,7,12-20,22H2,(H2,32,35)(H,33,39)(H,40,41). The number of aliphatic carboxylic acids is 1.